The number of aliphatic hydroxyl groups is 1. The third kappa shape index (κ3) is 8.14. The van der Waals surface area contributed by atoms with Crippen LogP contribution in [0.5, 0.6) is 5.75 Å². The Hall–Kier alpha value is -2.25. The predicted molar refractivity (Wildman–Crippen MR) is 135 cm³/mol. The van der Waals surface area contributed by atoms with Crippen LogP contribution in [0.2, 0.25) is 0 Å². The highest BCUT2D eigenvalue weighted by atomic mass is 19.4. The Morgan fingerprint density at radius 3 is 2.09 bits per heavy atom. The second-order valence-corrected chi connectivity index (χ2v) is 11.4. The molecule has 0 aromatic heterocycles. The summed E-state index contributed by atoms with van der Waals surface area (Å²) in [6, 6.07) is 13.6. The molecule has 1 aliphatic heterocycles. The van der Waals surface area contributed by atoms with Crippen LogP contribution in [0.4, 0.5) is 18.9 Å². The first-order chi connectivity index (χ1) is 16.2. The minimum atomic E-state index is -4.34. The van der Waals surface area contributed by atoms with E-state index in [0.717, 1.165) is 18.2 Å². The van der Waals surface area contributed by atoms with Gasteiger partial charge in [-0.05, 0) is 53.1 Å². The van der Waals surface area contributed by atoms with Gasteiger partial charge in [0.05, 0.1) is 5.56 Å². The number of β-amino-alcohol motifs (C(OH)–C–C–N with tert-alkyl or cyclic N) is 1. The molecule has 35 heavy (non-hydrogen) atoms. The molecule has 0 aliphatic carbocycles. The van der Waals surface area contributed by atoms with Crippen LogP contribution in [0.25, 0.3) is 0 Å². The van der Waals surface area contributed by atoms with Crippen LogP contribution in [-0.2, 0) is 11.6 Å². The zero-order valence-corrected chi connectivity index (χ0v) is 21.5. The average Bonchev–Trinajstić information content (AvgIpc) is 2.76. The monoisotopic (exact) mass is 492 g/mol. The number of piperazine rings is 1. The van der Waals surface area contributed by atoms with Crippen molar-refractivity contribution in [1.82, 2.24) is 4.90 Å². The SMILES string of the molecule is CC(C)(C)CC(C)(C)c1ccc(OCC(O)CN2CCN(c3cccc(C(F)(F)F)c3)CC2)cc1. The van der Waals surface area contributed by atoms with Crippen molar-refractivity contribution < 1.29 is 23.0 Å². The van der Waals surface area contributed by atoms with Crippen LogP contribution >= 0.6 is 0 Å². The lowest BCUT2D eigenvalue weighted by atomic mass is 9.72. The van der Waals surface area contributed by atoms with Gasteiger partial charge in [0, 0.05) is 38.4 Å². The van der Waals surface area contributed by atoms with Crippen molar-refractivity contribution in [1.29, 1.82) is 0 Å². The quantitative estimate of drug-likeness (QED) is 0.492. The minimum absolute atomic E-state index is 0.0620. The maximum Gasteiger partial charge on any atom is 0.416 e. The van der Waals surface area contributed by atoms with Crippen molar-refractivity contribution in [2.24, 2.45) is 5.41 Å². The lowest BCUT2D eigenvalue weighted by molar-refractivity contribution is -0.137. The van der Waals surface area contributed by atoms with E-state index in [1.54, 1.807) is 6.07 Å². The molecule has 0 spiro atoms. The van der Waals surface area contributed by atoms with Crippen molar-refractivity contribution >= 4 is 5.69 Å². The summed E-state index contributed by atoms with van der Waals surface area (Å²) in [5, 5.41) is 10.5. The Kier molecular flexibility index (Phi) is 8.43. The zero-order chi connectivity index (χ0) is 25.9. The van der Waals surface area contributed by atoms with E-state index in [9.17, 15) is 18.3 Å². The topological polar surface area (TPSA) is 35.9 Å². The van der Waals surface area contributed by atoms with E-state index in [1.807, 2.05) is 17.0 Å². The van der Waals surface area contributed by atoms with E-state index in [4.69, 9.17) is 4.74 Å². The fourth-order valence-corrected chi connectivity index (χ4v) is 5.04. The number of nitrogens with zero attached hydrogens (tertiary/aromatic N) is 2. The van der Waals surface area contributed by atoms with Gasteiger partial charge in [0.2, 0.25) is 0 Å². The van der Waals surface area contributed by atoms with Gasteiger partial charge in [0.15, 0.2) is 0 Å². The molecule has 7 heteroatoms. The molecule has 4 nitrogen and oxygen atoms in total. The predicted octanol–water partition coefficient (Wildman–Crippen LogP) is 5.98. The molecule has 0 bridgehead atoms. The van der Waals surface area contributed by atoms with Gasteiger partial charge in [0.25, 0.3) is 0 Å². The van der Waals surface area contributed by atoms with Gasteiger partial charge in [-0.3, -0.25) is 4.90 Å². The maximum atomic E-state index is 13.0. The molecular weight excluding hydrogens is 453 g/mol. The largest absolute Gasteiger partial charge is 0.491 e. The van der Waals surface area contributed by atoms with Crippen molar-refractivity contribution in [2.75, 3.05) is 44.2 Å². The molecule has 2 aromatic carbocycles. The normalized spacial score (nSPS) is 16.9. The Labute approximate surface area is 207 Å². The van der Waals surface area contributed by atoms with Gasteiger partial charge in [-0.2, -0.15) is 13.2 Å². The first kappa shape index (κ1) is 27.3. The Balaban J connectivity index is 1.45. The van der Waals surface area contributed by atoms with Gasteiger partial charge in [0.1, 0.15) is 18.5 Å². The highest BCUT2D eigenvalue weighted by molar-refractivity contribution is 5.49. The highest BCUT2D eigenvalue weighted by Gasteiger charge is 2.31. The number of rotatable bonds is 8. The standard InChI is InChI=1S/C28H39F3N2O2/c1-26(2,3)20-27(4,5)21-9-11-25(12-10-21)35-19-24(34)18-32-13-15-33(16-14-32)23-8-6-7-22(17-23)28(29,30)31/h6-12,17,24,34H,13-16,18-20H2,1-5H3. The van der Waals surface area contributed by atoms with Crippen LogP contribution in [0.15, 0.2) is 48.5 Å². The molecule has 2 aromatic rings. The van der Waals surface area contributed by atoms with E-state index < -0.39 is 17.8 Å². The van der Waals surface area contributed by atoms with Crippen LogP contribution in [0.3, 0.4) is 0 Å². The van der Waals surface area contributed by atoms with E-state index in [0.29, 0.717) is 38.4 Å². The van der Waals surface area contributed by atoms with Crippen molar-refractivity contribution in [3.63, 3.8) is 0 Å². The summed E-state index contributed by atoms with van der Waals surface area (Å²) in [6.07, 6.45) is -3.92. The first-order valence-corrected chi connectivity index (χ1v) is 12.3. The first-order valence-electron chi connectivity index (χ1n) is 12.3. The highest BCUT2D eigenvalue weighted by Crippen LogP contribution is 2.36. The van der Waals surface area contributed by atoms with E-state index in [1.165, 1.54) is 17.7 Å². The summed E-state index contributed by atoms with van der Waals surface area (Å²) in [5.74, 6) is 0.730. The van der Waals surface area contributed by atoms with Crippen molar-refractivity contribution in [2.45, 2.75) is 58.7 Å². The molecule has 0 amide bonds. The molecule has 1 aliphatic rings. The third-order valence-electron chi connectivity index (χ3n) is 6.43. The number of halogens is 3. The van der Waals surface area contributed by atoms with Crippen molar-refractivity contribution in [3.05, 3.63) is 59.7 Å². The summed E-state index contributed by atoms with van der Waals surface area (Å²) in [7, 11) is 0. The summed E-state index contributed by atoms with van der Waals surface area (Å²) in [5.41, 5.74) is 1.51. The van der Waals surface area contributed by atoms with Crippen LogP contribution in [0, 0.1) is 5.41 Å². The van der Waals surface area contributed by atoms with E-state index in [2.05, 4.69) is 51.7 Å². The Bertz CT molecular complexity index is 944. The van der Waals surface area contributed by atoms with E-state index in [-0.39, 0.29) is 17.4 Å². The molecule has 0 saturated carbocycles. The molecule has 1 saturated heterocycles. The second-order valence-electron chi connectivity index (χ2n) is 11.4. The summed E-state index contributed by atoms with van der Waals surface area (Å²) in [6.45, 7) is 14.5. The average molecular weight is 493 g/mol. The lowest BCUT2D eigenvalue weighted by Crippen LogP contribution is -2.49. The molecule has 1 heterocycles. The molecular formula is C28H39F3N2O2. The van der Waals surface area contributed by atoms with Crippen LogP contribution in [-0.4, -0.2) is 55.4 Å². The summed E-state index contributed by atoms with van der Waals surface area (Å²) < 4.78 is 44.8. The molecule has 1 unspecified atom stereocenters. The minimum Gasteiger partial charge on any atom is -0.491 e. The van der Waals surface area contributed by atoms with Gasteiger partial charge in [-0.1, -0.05) is 52.8 Å². The molecule has 1 atom stereocenters. The summed E-state index contributed by atoms with van der Waals surface area (Å²) in [4.78, 5) is 4.08. The smallest absolute Gasteiger partial charge is 0.416 e. The zero-order valence-electron chi connectivity index (χ0n) is 21.5. The van der Waals surface area contributed by atoms with Gasteiger partial charge >= 0.3 is 6.18 Å². The van der Waals surface area contributed by atoms with Gasteiger partial charge < -0.3 is 14.7 Å². The lowest BCUT2D eigenvalue weighted by Gasteiger charge is -2.37. The maximum absolute atomic E-state index is 13.0. The fraction of sp³-hybridized carbons (Fsp3) is 0.571. The Morgan fingerprint density at radius 2 is 1.51 bits per heavy atom. The molecule has 0 radical (unpaired) electrons. The molecule has 3 rings (SSSR count). The number of hydrogen-bond donors (Lipinski definition) is 1. The number of hydrogen-bond acceptors (Lipinski definition) is 4. The number of alkyl halides is 3. The molecule has 1 N–H and O–H groups in total. The van der Waals surface area contributed by atoms with E-state index >= 15 is 0 Å². The number of anilines is 1. The third-order valence-corrected chi connectivity index (χ3v) is 6.43. The van der Waals surface area contributed by atoms with Gasteiger partial charge in [-0.15, -0.1) is 0 Å². The Morgan fingerprint density at radius 1 is 0.886 bits per heavy atom. The summed E-state index contributed by atoms with van der Waals surface area (Å²) >= 11 is 0. The van der Waals surface area contributed by atoms with Crippen LogP contribution in [0.1, 0.15) is 52.2 Å². The number of aliphatic hydroxyl groups excluding tert-OH is 1. The molecule has 1 fully saturated rings. The second kappa shape index (κ2) is 10.8. The van der Waals surface area contributed by atoms with Crippen molar-refractivity contribution in [3.8, 4) is 5.75 Å². The number of ether oxygens (including phenoxy) is 1. The fourth-order valence-electron chi connectivity index (χ4n) is 5.04. The van der Waals surface area contributed by atoms with Crippen LogP contribution < -0.4 is 9.64 Å². The molecule has 194 valence electrons. The van der Waals surface area contributed by atoms with Gasteiger partial charge in [-0.25, -0.2) is 0 Å². The number of benzene rings is 2.